The lowest BCUT2D eigenvalue weighted by Gasteiger charge is -2.34. The molecule has 0 saturated carbocycles. The van der Waals surface area contributed by atoms with Crippen LogP contribution in [-0.2, 0) is 16.4 Å². The van der Waals surface area contributed by atoms with E-state index in [9.17, 15) is 8.42 Å². The maximum atomic E-state index is 13.8. The van der Waals surface area contributed by atoms with Gasteiger partial charge in [-0.1, -0.05) is 48.0 Å². The van der Waals surface area contributed by atoms with Gasteiger partial charge in [0.05, 0.1) is 18.0 Å². The summed E-state index contributed by atoms with van der Waals surface area (Å²) in [5, 5.41) is 0. The van der Waals surface area contributed by atoms with Gasteiger partial charge in [-0.15, -0.1) is 0 Å². The van der Waals surface area contributed by atoms with Gasteiger partial charge in [-0.25, -0.2) is 8.42 Å². The van der Waals surface area contributed by atoms with Crippen LogP contribution in [0.15, 0.2) is 83.8 Å². The van der Waals surface area contributed by atoms with Crippen molar-refractivity contribution in [3.63, 3.8) is 0 Å². The third kappa shape index (κ3) is 4.13. The average Bonchev–Trinajstić information content (AvgIpc) is 3.41. The largest absolute Gasteiger partial charge is 0.497 e. The number of ether oxygens (including phenoxy) is 1. The molecule has 5 rings (SSSR count). The number of hydrogen-bond donors (Lipinski definition) is 0. The van der Waals surface area contributed by atoms with E-state index >= 15 is 0 Å². The fourth-order valence-corrected chi connectivity index (χ4v) is 7.11. The summed E-state index contributed by atoms with van der Waals surface area (Å²) < 4.78 is 34.7. The van der Waals surface area contributed by atoms with Crippen molar-refractivity contribution in [2.24, 2.45) is 5.92 Å². The standard InChI is InChI=1S/C27H30N2O3S/c1-20-8-14-25(15-9-20)33(30,31)29-19-22-16-17-28(23-10-12-24(32-2)13-11-23)27(22)26(29)18-21-6-4-3-5-7-21/h3-15,22,26-27H,16-19H2,1-2H3/t22-,26+,27-/m1/s1. The Hall–Kier alpha value is -2.83. The highest BCUT2D eigenvalue weighted by Gasteiger charge is 2.52. The molecule has 0 radical (unpaired) electrons. The molecule has 2 heterocycles. The van der Waals surface area contributed by atoms with Gasteiger partial charge >= 0.3 is 0 Å². The lowest BCUT2D eigenvalue weighted by molar-refractivity contribution is 0.362. The Labute approximate surface area is 196 Å². The number of rotatable bonds is 6. The van der Waals surface area contributed by atoms with E-state index in [1.807, 2.05) is 49.4 Å². The van der Waals surface area contributed by atoms with Crippen LogP contribution in [0.1, 0.15) is 17.5 Å². The second-order valence-corrected chi connectivity index (χ2v) is 11.0. The molecule has 3 aromatic carbocycles. The van der Waals surface area contributed by atoms with E-state index in [0.717, 1.165) is 35.5 Å². The molecular weight excluding hydrogens is 432 g/mol. The summed E-state index contributed by atoms with van der Waals surface area (Å²) >= 11 is 0. The Kier molecular flexibility index (Phi) is 5.89. The summed E-state index contributed by atoms with van der Waals surface area (Å²) in [4.78, 5) is 2.78. The molecule has 0 amide bonds. The monoisotopic (exact) mass is 462 g/mol. The SMILES string of the molecule is COc1ccc(N2CC[C@@H]3CN(S(=O)(=O)c4ccc(C)cc4)[C@@H](Cc4ccccc4)[C@@H]32)cc1. The fourth-order valence-electron chi connectivity index (χ4n) is 5.41. The molecule has 3 aromatic rings. The second kappa shape index (κ2) is 8.84. The third-order valence-corrected chi connectivity index (χ3v) is 8.99. The first kappa shape index (κ1) is 22.0. The minimum absolute atomic E-state index is 0.131. The molecule has 0 unspecified atom stereocenters. The van der Waals surface area contributed by atoms with Crippen LogP contribution in [-0.4, -0.2) is 45.0 Å². The van der Waals surface area contributed by atoms with E-state index in [0.29, 0.717) is 23.8 Å². The molecule has 3 atom stereocenters. The van der Waals surface area contributed by atoms with Crippen molar-refractivity contribution in [2.45, 2.75) is 36.7 Å². The Balaban J connectivity index is 1.52. The minimum atomic E-state index is -3.60. The Morgan fingerprint density at radius 1 is 0.939 bits per heavy atom. The molecule has 2 saturated heterocycles. The molecule has 0 spiro atoms. The van der Waals surface area contributed by atoms with Crippen LogP contribution < -0.4 is 9.64 Å². The first-order valence-corrected chi connectivity index (χ1v) is 12.9. The first-order chi connectivity index (χ1) is 16.0. The lowest BCUT2D eigenvalue weighted by atomic mass is 9.95. The summed E-state index contributed by atoms with van der Waals surface area (Å²) in [6.07, 6.45) is 1.68. The van der Waals surface area contributed by atoms with Crippen LogP contribution in [0.25, 0.3) is 0 Å². The van der Waals surface area contributed by atoms with E-state index in [2.05, 4.69) is 29.2 Å². The molecule has 0 bridgehead atoms. The van der Waals surface area contributed by atoms with Crippen LogP contribution in [0, 0.1) is 12.8 Å². The number of anilines is 1. The van der Waals surface area contributed by atoms with Gasteiger partial charge in [0.2, 0.25) is 10.0 Å². The Morgan fingerprint density at radius 2 is 1.64 bits per heavy atom. The van der Waals surface area contributed by atoms with Crippen LogP contribution >= 0.6 is 0 Å². The molecule has 0 N–H and O–H groups in total. The summed E-state index contributed by atoms with van der Waals surface area (Å²) in [6.45, 7) is 3.47. The smallest absolute Gasteiger partial charge is 0.243 e. The van der Waals surface area contributed by atoms with Gasteiger partial charge in [-0.2, -0.15) is 4.31 Å². The highest BCUT2D eigenvalue weighted by molar-refractivity contribution is 7.89. The number of sulfonamides is 1. The predicted molar refractivity (Wildman–Crippen MR) is 131 cm³/mol. The van der Waals surface area contributed by atoms with Crippen molar-refractivity contribution in [3.05, 3.63) is 90.0 Å². The van der Waals surface area contributed by atoms with Gasteiger partial charge in [0.25, 0.3) is 0 Å². The normalized spacial score (nSPS) is 23.0. The molecule has 0 aromatic heterocycles. The van der Waals surface area contributed by atoms with Gasteiger partial charge in [0.15, 0.2) is 0 Å². The van der Waals surface area contributed by atoms with Gasteiger partial charge in [-0.3, -0.25) is 0 Å². The molecule has 0 aliphatic carbocycles. The van der Waals surface area contributed by atoms with Crippen LogP contribution in [0.3, 0.4) is 0 Å². The van der Waals surface area contributed by atoms with Crippen molar-refractivity contribution >= 4 is 15.7 Å². The fraction of sp³-hybridized carbons (Fsp3) is 0.333. The molecule has 172 valence electrons. The third-order valence-electron chi connectivity index (χ3n) is 7.08. The van der Waals surface area contributed by atoms with Crippen LogP contribution in [0.5, 0.6) is 5.75 Å². The summed E-state index contributed by atoms with van der Waals surface area (Å²) in [5.74, 6) is 1.13. The predicted octanol–water partition coefficient (Wildman–Crippen LogP) is 4.51. The van der Waals surface area contributed by atoms with Crippen molar-refractivity contribution in [2.75, 3.05) is 25.1 Å². The maximum absolute atomic E-state index is 13.8. The number of hydrogen-bond acceptors (Lipinski definition) is 4. The van der Waals surface area contributed by atoms with E-state index in [1.165, 1.54) is 0 Å². The quantitative estimate of drug-likeness (QED) is 0.541. The van der Waals surface area contributed by atoms with Gasteiger partial charge in [-0.05, 0) is 67.6 Å². The highest BCUT2D eigenvalue weighted by Crippen LogP contribution is 2.42. The van der Waals surface area contributed by atoms with Crippen LogP contribution in [0.2, 0.25) is 0 Å². The molecule has 6 heteroatoms. The highest BCUT2D eigenvalue weighted by atomic mass is 32.2. The van der Waals surface area contributed by atoms with E-state index in [4.69, 9.17) is 4.74 Å². The van der Waals surface area contributed by atoms with Gasteiger partial charge < -0.3 is 9.64 Å². The van der Waals surface area contributed by atoms with E-state index < -0.39 is 10.0 Å². The molecular formula is C27H30N2O3S. The maximum Gasteiger partial charge on any atom is 0.243 e. The zero-order valence-electron chi connectivity index (χ0n) is 19.1. The summed E-state index contributed by atoms with van der Waals surface area (Å²) in [5.41, 5.74) is 3.34. The van der Waals surface area contributed by atoms with Crippen molar-refractivity contribution in [3.8, 4) is 5.75 Å². The van der Waals surface area contributed by atoms with Crippen molar-refractivity contribution in [1.29, 1.82) is 0 Å². The number of nitrogens with zero attached hydrogens (tertiary/aromatic N) is 2. The number of fused-ring (bicyclic) bond motifs is 1. The second-order valence-electron chi connectivity index (χ2n) is 9.08. The molecule has 2 aliphatic rings. The van der Waals surface area contributed by atoms with Crippen LogP contribution in [0.4, 0.5) is 5.69 Å². The molecule has 2 aliphatic heterocycles. The Morgan fingerprint density at radius 3 is 2.30 bits per heavy atom. The van der Waals surface area contributed by atoms with Gasteiger partial charge in [0.1, 0.15) is 5.75 Å². The summed E-state index contributed by atoms with van der Waals surface area (Å²) in [7, 11) is -1.93. The molecule has 33 heavy (non-hydrogen) atoms. The van der Waals surface area contributed by atoms with E-state index in [1.54, 1.807) is 23.5 Å². The number of benzene rings is 3. The van der Waals surface area contributed by atoms with Gasteiger partial charge in [0, 0.05) is 24.8 Å². The summed E-state index contributed by atoms with van der Waals surface area (Å²) in [6, 6.07) is 25.6. The van der Waals surface area contributed by atoms with Crippen molar-refractivity contribution < 1.29 is 13.2 Å². The number of aryl methyl sites for hydroxylation is 1. The molecule has 2 fully saturated rings. The topological polar surface area (TPSA) is 49.9 Å². The first-order valence-electron chi connectivity index (χ1n) is 11.5. The zero-order chi connectivity index (χ0) is 23.0. The number of methoxy groups -OCH3 is 1. The average molecular weight is 463 g/mol. The Bertz CT molecular complexity index is 1190. The minimum Gasteiger partial charge on any atom is -0.497 e. The zero-order valence-corrected chi connectivity index (χ0v) is 19.9. The van der Waals surface area contributed by atoms with Crippen molar-refractivity contribution in [1.82, 2.24) is 4.31 Å². The lowest BCUT2D eigenvalue weighted by Crippen LogP contribution is -2.47. The molecule has 5 nitrogen and oxygen atoms in total. The van der Waals surface area contributed by atoms with E-state index in [-0.39, 0.29) is 12.1 Å².